The van der Waals surface area contributed by atoms with Crippen LogP contribution >= 0.6 is 0 Å². The van der Waals surface area contributed by atoms with E-state index in [1.165, 1.54) is 12.8 Å². The van der Waals surface area contributed by atoms with E-state index in [1.807, 2.05) is 0 Å². The highest BCUT2D eigenvalue weighted by Gasteiger charge is 1.93. The van der Waals surface area contributed by atoms with Crippen molar-refractivity contribution in [3.8, 4) is 0 Å². The smallest absolute Gasteiger partial charge is 0.0431 e. The maximum Gasteiger partial charge on any atom is 0.0431 e. The van der Waals surface area contributed by atoms with Crippen LogP contribution in [0.1, 0.15) is 32.6 Å². The lowest BCUT2D eigenvalue weighted by Crippen LogP contribution is -2.29. The Bertz CT molecular complexity index is 109. The second-order valence-electron chi connectivity index (χ2n) is 3.78. The Morgan fingerprint density at radius 1 is 1.07 bits per heavy atom. The zero-order chi connectivity index (χ0) is 10.6. The molecular formula is C11H26N2O. The Balaban J connectivity index is 2.92. The average Bonchev–Trinajstić information content (AvgIpc) is 2.21. The van der Waals surface area contributed by atoms with Gasteiger partial charge in [0, 0.05) is 19.7 Å². The van der Waals surface area contributed by atoms with Crippen molar-refractivity contribution in [3.05, 3.63) is 0 Å². The number of rotatable bonds is 10. The molecule has 0 amide bonds. The van der Waals surface area contributed by atoms with Crippen molar-refractivity contribution < 1.29 is 5.11 Å². The van der Waals surface area contributed by atoms with Gasteiger partial charge in [-0.1, -0.05) is 19.8 Å². The van der Waals surface area contributed by atoms with Crippen molar-refractivity contribution in [2.45, 2.75) is 32.6 Å². The van der Waals surface area contributed by atoms with Crippen LogP contribution in [0, 0.1) is 0 Å². The van der Waals surface area contributed by atoms with Gasteiger partial charge in [-0.2, -0.15) is 0 Å². The van der Waals surface area contributed by atoms with Crippen LogP contribution in [0.4, 0.5) is 0 Å². The first-order chi connectivity index (χ1) is 6.81. The molecule has 0 radical (unpaired) electrons. The largest absolute Gasteiger partial charge is 0.396 e. The van der Waals surface area contributed by atoms with Gasteiger partial charge in [0.05, 0.1) is 0 Å². The van der Waals surface area contributed by atoms with E-state index in [2.05, 4.69) is 24.2 Å². The third-order valence-electron chi connectivity index (χ3n) is 2.47. The monoisotopic (exact) mass is 202 g/mol. The normalized spacial score (nSPS) is 11.1. The summed E-state index contributed by atoms with van der Waals surface area (Å²) in [5, 5.41) is 12.0. The van der Waals surface area contributed by atoms with Crippen molar-refractivity contribution in [1.82, 2.24) is 10.2 Å². The third-order valence-corrected chi connectivity index (χ3v) is 2.47. The lowest BCUT2D eigenvalue weighted by molar-refractivity contribution is 0.282. The number of aliphatic hydroxyl groups excluding tert-OH is 1. The molecule has 0 heterocycles. The van der Waals surface area contributed by atoms with E-state index in [-0.39, 0.29) is 0 Å². The molecule has 0 rings (SSSR count). The van der Waals surface area contributed by atoms with E-state index in [4.69, 9.17) is 5.11 Å². The number of nitrogens with zero attached hydrogens (tertiary/aromatic N) is 1. The number of aliphatic hydroxyl groups is 1. The number of hydrogen-bond donors (Lipinski definition) is 2. The van der Waals surface area contributed by atoms with Crippen LogP contribution in [-0.2, 0) is 0 Å². The number of likely N-dealkylation sites (N-methyl/N-ethyl adjacent to an activating group) is 1. The van der Waals surface area contributed by atoms with Gasteiger partial charge in [-0.25, -0.2) is 0 Å². The summed E-state index contributed by atoms with van der Waals surface area (Å²) in [5.74, 6) is 0. The Labute approximate surface area is 88.5 Å². The van der Waals surface area contributed by atoms with Crippen molar-refractivity contribution >= 4 is 0 Å². The summed E-state index contributed by atoms with van der Waals surface area (Å²) < 4.78 is 0. The van der Waals surface area contributed by atoms with E-state index >= 15 is 0 Å². The molecule has 0 aromatic rings. The van der Waals surface area contributed by atoms with E-state index < -0.39 is 0 Å². The highest BCUT2D eigenvalue weighted by atomic mass is 16.2. The minimum atomic E-state index is 0.342. The van der Waals surface area contributed by atoms with Crippen LogP contribution in [0.2, 0.25) is 0 Å². The van der Waals surface area contributed by atoms with Crippen molar-refractivity contribution in [2.24, 2.45) is 0 Å². The molecule has 0 aromatic carbocycles. The lowest BCUT2D eigenvalue weighted by Gasteiger charge is -2.13. The van der Waals surface area contributed by atoms with Gasteiger partial charge < -0.3 is 15.3 Å². The van der Waals surface area contributed by atoms with Crippen molar-refractivity contribution in [3.63, 3.8) is 0 Å². The summed E-state index contributed by atoms with van der Waals surface area (Å²) in [4.78, 5) is 2.30. The fourth-order valence-corrected chi connectivity index (χ4v) is 1.27. The molecule has 0 fully saturated rings. The van der Waals surface area contributed by atoms with E-state index in [1.54, 1.807) is 0 Å². The van der Waals surface area contributed by atoms with Crippen molar-refractivity contribution in [2.75, 3.05) is 39.8 Å². The van der Waals surface area contributed by atoms with Crippen LogP contribution in [0.3, 0.4) is 0 Å². The Hall–Kier alpha value is -0.120. The third kappa shape index (κ3) is 9.96. The van der Waals surface area contributed by atoms with Gasteiger partial charge in [0.25, 0.3) is 0 Å². The minimum Gasteiger partial charge on any atom is -0.396 e. The molecule has 0 aliphatic carbocycles. The molecule has 0 aliphatic heterocycles. The first kappa shape index (κ1) is 13.9. The molecule has 3 nitrogen and oxygen atoms in total. The topological polar surface area (TPSA) is 35.5 Å². The SMILES string of the molecule is CCN(C)CCNCCCCCCO. The summed E-state index contributed by atoms with van der Waals surface area (Å²) >= 11 is 0. The average molecular weight is 202 g/mol. The van der Waals surface area contributed by atoms with Crippen molar-refractivity contribution in [1.29, 1.82) is 0 Å². The molecule has 0 aromatic heterocycles. The predicted molar refractivity (Wildman–Crippen MR) is 61.6 cm³/mol. The number of unbranched alkanes of at least 4 members (excludes halogenated alkanes) is 3. The fraction of sp³-hybridized carbons (Fsp3) is 1.00. The minimum absolute atomic E-state index is 0.342. The van der Waals surface area contributed by atoms with Crippen LogP contribution in [0.25, 0.3) is 0 Å². The van der Waals surface area contributed by atoms with E-state index in [0.29, 0.717) is 6.61 Å². The Kier molecular flexibility index (Phi) is 10.9. The quantitative estimate of drug-likeness (QED) is 0.520. The van der Waals surface area contributed by atoms with Crippen LogP contribution in [0.5, 0.6) is 0 Å². The molecule has 0 unspecified atom stereocenters. The van der Waals surface area contributed by atoms with Gasteiger partial charge in [0.1, 0.15) is 0 Å². The van der Waals surface area contributed by atoms with Gasteiger partial charge in [-0.05, 0) is 33.0 Å². The molecule has 0 saturated heterocycles. The second-order valence-corrected chi connectivity index (χ2v) is 3.78. The second kappa shape index (κ2) is 11.0. The maximum atomic E-state index is 8.57. The Morgan fingerprint density at radius 3 is 2.43 bits per heavy atom. The molecule has 14 heavy (non-hydrogen) atoms. The van der Waals surface area contributed by atoms with Gasteiger partial charge >= 0.3 is 0 Å². The molecule has 2 N–H and O–H groups in total. The number of nitrogens with one attached hydrogen (secondary N) is 1. The molecule has 0 bridgehead atoms. The maximum absolute atomic E-state index is 8.57. The summed E-state index contributed by atoms with van der Waals surface area (Å²) in [6.07, 6.45) is 4.58. The van der Waals surface area contributed by atoms with E-state index in [9.17, 15) is 0 Å². The zero-order valence-electron chi connectivity index (χ0n) is 9.76. The summed E-state index contributed by atoms with van der Waals surface area (Å²) in [6.45, 7) is 6.97. The Morgan fingerprint density at radius 2 is 1.79 bits per heavy atom. The van der Waals surface area contributed by atoms with Crippen LogP contribution < -0.4 is 5.32 Å². The van der Waals surface area contributed by atoms with Gasteiger partial charge in [-0.3, -0.25) is 0 Å². The summed E-state index contributed by atoms with van der Waals surface area (Å²) in [5.41, 5.74) is 0. The molecule has 0 spiro atoms. The lowest BCUT2D eigenvalue weighted by atomic mass is 10.2. The summed E-state index contributed by atoms with van der Waals surface area (Å²) in [6, 6.07) is 0. The zero-order valence-corrected chi connectivity index (χ0v) is 9.76. The van der Waals surface area contributed by atoms with Gasteiger partial charge in [-0.15, -0.1) is 0 Å². The first-order valence-corrected chi connectivity index (χ1v) is 5.81. The summed E-state index contributed by atoms with van der Waals surface area (Å²) in [7, 11) is 2.14. The van der Waals surface area contributed by atoms with Crippen LogP contribution in [0.15, 0.2) is 0 Å². The number of hydrogen-bond acceptors (Lipinski definition) is 3. The molecule has 86 valence electrons. The van der Waals surface area contributed by atoms with E-state index in [0.717, 1.165) is 39.0 Å². The first-order valence-electron chi connectivity index (χ1n) is 5.81. The highest BCUT2D eigenvalue weighted by molar-refractivity contribution is 4.53. The fourth-order valence-electron chi connectivity index (χ4n) is 1.27. The van der Waals surface area contributed by atoms with Gasteiger partial charge in [0.15, 0.2) is 0 Å². The van der Waals surface area contributed by atoms with Gasteiger partial charge in [0.2, 0.25) is 0 Å². The molecule has 0 atom stereocenters. The standard InChI is InChI=1S/C11H26N2O/c1-3-13(2)10-9-12-8-6-4-5-7-11-14/h12,14H,3-11H2,1-2H3. The molecule has 0 aliphatic rings. The van der Waals surface area contributed by atoms with Crippen LogP contribution in [-0.4, -0.2) is 49.8 Å². The predicted octanol–water partition coefficient (Wildman–Crippen LogP) is 1.08. The molecular weight excluding hydrogens is 176 g/mol. The highest BCUT2D eigenvalue weighted by Crippen LogP contribution is 1.97. The molecule has 0 saturated carbocycles. The molecule has 3 heteroatoms.